The molecule has 0 saturated heterocycles. The van der Waals surface area contributed by atoms with Crippen molar-refractivity contribution in [2.75, 3.05) is 23.0 Å². The van der Waals surface area contributed by atoms with E-state index in [1.54, 1.807) is 39.8 Å². The van der Waals surface area contributed by atoms with Crippen LogP contribution in [0, 0.1) is 0 Å². The average Bonchev–Trinajstić information content (AvgIpc) is 3.30. The van der Waals surface area contributed by atoms with Crippen LogP contribution in [0.25, 0.3) is 17.2 Å². The molecule has 0 atom stereocenters. The van der Waals surface area contributed by atoms with Crippen LogP contribution >= 0.6 is 46.4 Å². The van der Waals surface area contributed by atoms with Crippen LogP contribution in [0.1, 0.15) is 18.7 Å². The Bertz CT molecular complexity index is 1700. The molecule has 16 heteroatoms. The third kappa shape index (κ3) is 7.59. The highest BCUT2D eigenvalue weighted by Crippen LogP contribution is 2.43. The lowest BCUT2D eigenvalue weighted by Crippen LogP contribution is -2.36. The topological polar surface area (TPSA) is 144 Å². The summed E-state index contributed by atoms with van der Waals surface area (Å²) in [5.74, 6) is -0.141. The minimum Gasteiger partial charge on any atom is -0.748 e. The predicted molar refractivity (Wildman–Crippen MR) is 146 cm³/mol. The van der Waals surface area contributed by atoms with Gasteiger partial charge in [-0.15, -0.1) is 0 Å². The number of anilines is 1. The minimum absolute atomic E-state index is 0.0314. The van der Waals surface area contributed by atoms with Gasteiger partial charge in [-0.3, -0.25) is 0 Å². The molecular formula is C23H19Cl4N2O8S2-. The molecule has 0 aliphatic carbocycles. The molecular weight excluding hydrogens is 638 g/mol. The van der Waals surface area contributed by atoms with Crippen molar-refractivity contribution in [1.82, 2.24) is 0 Å². The highest BCUT2D eigenvalue weighted by Gasteiger charge is 2.28. The number of rotatable bonds is 10. The summed E-state index contributed by atoms with van der Waals surface area (Å²) in [4.78, 5) is 1.65. The number of aromatic nitrogens is 1. The molecule has 3 aromatic rings. The first-order chi connectivity index (χ1) is 18.2. The summed E-state index contributed by atoms with van der Waals surface area (Å²) in [5, 5.41) is 1.04. The first-order valence-electron chi connectivity index (χ1n) is 11.2. The van der Waals surface area contributed by atoms with Crippen LogP contribution in [0.4, 0.5) is 5.69 Å². The summed E-state index contributed by atoms with van der Waals surface area (Å²) < 4.78 is 80.0. The fraction of sp³-hybridized carbons (Fsp3) is 0.261. The number of hydrogen-bond donors (Lipinski definition) is 0. The van der Waals surface area contributed by atoms with Crippen molar-refractivity contribution >= 4 is 89.5 Å². The number of nitrogens with zero attached hydrogens (tertiary/aromatic N) is 2. The standard InChI is InChI=1S/C23H20Cl4N2O8S2/c24-14-10-18-20(12-16(14)26)36-22(28(18)6-2-8-38(30,31)32)4-1-5-23-29(7-3-9-39(33,34)35)19-11-15(25)17(27)13-21(19)37-23/h1,4-5,10-13H,2-3,6-9H2,(H-,30,31,32,33,34,35)/p-1. The van der Waals surface area contributed by atoms with Gasteiger partial charge in [0, 0.05) is 42.7 Å². The second-order valence-corrected chi connectivity index (χ2v) is 13.1. The lowest BCUT2D eigenvalue weighted by molar-refractivity contribution is -0.677. The van der Waals surface area contributed by atoms with Gasteiger partial charge in [-0.1, -0.05) is 46.4 Å². The molecule has 0 unspecified atom stereocenters. The number of benzene rings is 2. The molecule has 0 radical (unpaired) electrons. The Morgan fingerprint density at radius 1 is 0.872 bits per heavy atom. The van der Waals surface area contributed by atoms with Crippen LogP contribution in [0.2, 0.25) is 20.1 Å². The molecule has 0 amide bonds. The molecule has 1 aromatic heterocycles. The summed E-state index contributed by atoms with van der Waals surface area (Å²) in [6, 6.07) is 6.18. The largest absolute Gasteiger partial charge is 0.748 e. The van der Waals surface area contributed by atoms with Crippen molar-refractivity contribution in [3.05, 3.63) is 68.3 Å². The van der Waals surface area contributed by atoms with E-state index >= 15 is 0 Å². The van der Waals surface area contributed by atoms with Gasteiger partial charge in [0.2, 0.25) is 11.5 Å². The van der Waals surface area contributed by atoms with Crippen LogP contribution in [-0.4, -0.2) is 44.0 Å². The Morgan fingerprint density at radius 3 is 2.18 bits per heavy atom. The van der Waals surface area contributed by atoms with Crippen molar-refractivity contribution in [2.24, 2.45) is 0 Å². The van der Waals surface area contributed by atoms with E-state index in [9.17, 15) is 25.9 Å². The molecule has 0 N–H and O–H groups in total. The highest BCUT2D eigenvalue weighted by molar-refractivity contribution is 7.85. The predicted octanol–water partition coefficient (Wildman–Crippen LogP) is 4.96. The van der Waals surface area contributed by atoms with E-state index in [-0.39, 0.29) is 46.0 Å². The van der Waals surface area contributed by atoms with Gasteiger partial charge in [0.1, 0.15) is 0 Å². The lowest BCUT2D eigenvalue weighted by Gasteiger charge is -2.18. The second-order valence-electron chi connectivity index (χ2n) is 8.41. The van der Waals surface area contributed by atoms with Crippen LogP contribution in [0.3, 0.4) is 0 Å². The molecule has 0 saturated carbocycles. The number of halogens is 4. The Balaban J connectivity index is 1.66. The molecule has 0 spiro atoms. The van der Waals surface area contributed by atoms with Gasteiger partial charge < -0.3 is 23.2 Å². The van der Waals surface area contributed by atoms with Gasteiger partial charge in [0.15, 0.2) is 12.3 Å². The lowest BCUT2D eigenvalue weighted by atomic mass is 10.2. The zero-order valence-electron chi connectivity index (χ0n) is 19.8. The maximum atomic E-state index is 11.1. The summed E-state index contributed by atoms with van der Waals surface area (Å²) in [6.45, 7) is 0.273. The van der Waals surface area contributed by atoms with E-state index in [1.807, 2.05) is 0 Å². The number of hydrogen-bond acceptors (Lipinski definition) is 9. The Labute approximate surface area is 244 Å². The van der Waals surface area contributed by atoms with Crippen LogP contribution in [0.15, 0.2) is 46.7 Å². The van der Waals surface area contributed by atoms with Gasteiger partial charge in [0.05, 0.1) is 52.1 Å². The van der Waals surface area contributed by atoms with E-state index < -0.39 is 31.7 Å². The summed E-state index contributed by atoms with van der Waals surface area (Å²) in [5.41, 5.74) is 1.46. The summed E-state index contributed by atoms with van der Waals surface area (Å²) in [6.07, 6.45) is 4.80. The molecule has 210 valence electrons. The fourth-order valence-electron chi connectivity index (χ4n) is 3.92. The number of aryl methyl sites for hydroxylation is 1. The highest BCUT2D eigenvalue weighted by atomic mass is 35.5. The van der Waals surface area contributed by atoms with E-state index in [4.69, 9.17) is 55.6 Å². The Morgan fingerprint density at radius 2 is 1.49 bits per heavy atom. The quantitative estimate of drug-likeness (QED) is 0.218. The molecule has 0 bridgehead atoms. The van der Waals surface area contributed by atoms with Gasteiger partial charge in [-0.25, -0.2) is 16.8 Å². The summed E-state index contributed by atoms with van der Waals surface area (Å²) in [7, 11) is -8.82. The number of fused-ring (bicyclic) bond motifs is 2. The zero-order valence-corrected chi connectivity index (χ0v) is 24.4. The molecule has 0 fully saturated rings. The monoisotopic (exact) mass is 655 g/mol. The van der Waals surface area contributed by atoms with Crippen LogP contribution in [0.5, 0.6) is 5.75 Å². The molecule has 1 aliphatic rings. The van der Waals surface area contributed by atoms with Crippen LogP contribution < -0.4 is 14.2 Å². The summed E-state index contributed by atoms with van der Waals surface area (Å²) >= 11 is 24.5. The van der Waals surface area contributed by atoms with Crippen molar-refractivity contribution in [3.8, 4) is 5.75 Å². The normalized spacial score (nSPS) is 15.0. The van der Waals surface area contributed by atoms with E-state index in [0.29, 0.717) is 34.3 Å². The molecule has 2 heterocycles. The first-order valence-corrected chi connectivity index (χ1v) is 15.9. The van der Waals surface area contributed by atoms with E-state index in [1.165, 1.54) is 12.1 Å². The molecule has 2 aromatic carbocycles. The van der Waals surface area contributed by atoms with Gasteiger partial charge in [-0.05, 0) is 24.6 Å². The maximum Gasteiger partial charge on any atom is 0.374 e. The van der Waals surface area contributed by atoms with Crippen molar-refractivity contribution in [1.29, 1.82) is 0 Å². The zero-order chi connectivity index (χ0) is 28.5. The molecule has 4 rings (SSSR count). The number of oxazole rings is 1. The van der Waals surface area contributed by atoms with Crippen LogP contribution in [-0.2, 0) is 26.8 Å². The van der Waals surface area contributed by atoms with Crippen molar-refractivity contribution in [2.45, 2.75) is 19.4 Å². The SMILES string of the molecule is O=S(=O)([O-])CCCN1C(=CC=Cc2oc3cc(Cl)c(Cl)cc3[n+]2CCCS(=O)(=O)[O-])Oc2cc(Cl)c(Cl)cc21. The Hall–Kier alpha value is -2.03. The number of allylic oxidation sites excluding steroid dienone is 2. The smallest absolute Gasteiger partial charge is 0.374 e. The van der Waals surface area contributed by atoms with E-state index in [0.717, 1.165) is 0 Å². The van der Waals surface area contributed by atoms with Gasteiger partial charge in [-0.2, -0.15) is 4.57 Å². The fourth-order valence-corrected chi connectivity index (χ4v) is 5.50. The van der Waals surface area contributed by atoms with Gasteiger partial charge in [0.25, 0.3) is 5.52 Å². The molecule has 39 heavy (non-hydrogen) atoms. The molecule has 1 aliphatic heterocycles. The van der Waals surface area contributed by atoms with Crippen molar-refractivity contribution in [3.63, 3.8) is 0 Å². The first kappa shape index (κ1) is 29.9. The van der Waals surface area contributed by atoms with Gasteiger partial charge >= 0.3 is 5.89 Å². The van der Waals surface area contributed by atoms with E-state index in [2.05, 4.69) is 0 Å². The number of ether oxygens (including phenoxy) is 1. The van der Waals surface area contributed by atoms with Crippen molar-refractivity contribution < 1.29 is 39.7 Å². The second kappa shape index (κ2) is 11.8. The minimum atomic E-state index is -4.41. The third-order valence-corrected chi connectivity index (χ3v) is 8.60. The third-order valence-electron chi connectivity index (χ3n) is 5.58. The molecule has 10 nitrogen and oxygen atoms in total. The Kier molecular flexibility index (Phi) is 9.08. The average molecular weight is 657 g/mol. The maximum absolute atomic E-state index is 11.1.